The van der Waals surface area contributed by atoms with Gasteiger partial charge in [-0.05, 0) is 31.2 Å². The average Bonchev–Trinajstić information content (AvgIpc) is 2.50. The molecule has 0 aliphatic carbocycles. The zero-order valence-corrected chi connectivity index (χ0v) is 11.5. The molecule has 0 spiro atoms. The second-order valence-electron chi connectivity index (χ2n) is 3.68. The normalized spacial score (nSPS) is 8.85. The van der Waals surface area contributed by atoms with Crippen molar-refractivity contribution in [2.45, 2.75) is 6.92 Å². The van der Waals surface area contributed by atoms with E-state index in [4.69, 9.17) is 4.74 Å². The van der Waals surface area contributed by atoms with Gasteiger partial charge in [0.15, 0.2) is 0 Å². The smallest absolute Gasteiger partial charge is 0.330 e. The molecule has 0 N–H and O–H groups in total. The molecular formula is C17H18O3. The molecule has 3 heteroatoms. The van der Waals surface area contributed by atoms with E-state index >= 15 is 0 Å². The van der Waals surface area contributed by atoms with Gasteiger partial charge in [0.25, 0.3) is 0 Å². The lowest BCUT2D eigenvalue weighted by Gasteiger charge is -2.03. The average molecular weight is 270 g/mol. The Bertz CT molecular complexity index is 469. The first-order valence-corrected chi connectivity index (χ1v) is 6.33. The van der Waals surface area contributed by atoms with Gasteiger partial charge in [0.05, 0.1) is 6.61 Å². The van der Waals surface area contributed by atoms with Gasteiger partial charge in [-0.25, -0.2) is 4.79 Å². The Morgan fingerprint density at radius 3 is 1.75 bits per heavy atom. The summed E-state index contributed by atoms with van der Waals surface area (Å²) in [4.78, 5) is 10.1. The molecule has 0 saturated heterocycles. The fraction of sp³-hybridized carbons (Fsp3) is 0.118. The van der Waals surface area contributed by atoms with Gasteiger partial charge in [-0.3, -0.25) is 0 Å². The van der Waals surface area contributed by atoms with E-state index < -0.39 is 0 Å². The molecule has 0 atom stereocenters. The van der Waals surface area contributed by atoms with Crippen LogP contribution in [0.2, 0.25) is 0 Å². The first-order valence-electron chi connectivity index (χ1n) is 6.33. The molecule has 104 valence electrons. The molecule has 0 saturated carbocycles. The highest BCUT2D eigenvalue weighted by Crippen LogP contribution is 2.19. The molecule has 0 aliphatic rings. The maximum atomic E-state index is 10.1. The van der Waals surface area contributed by atoms with Crippen molar-refractivity contribution in [3.05, 3.63) is 73.3 Å². The number of rotatable bonds is 4. The molecule has 0 unspecified atom stereocenters. The molecule has 0 heterocycles. The van der Waals surface area contributed by atoms with Crippen molar-refractivity contribution in [1.82, 2.24) is 0 Å². The molecule has 20 heavy (non-hydrogen) atoms. The van der Waals surface area contributed by atoms with Crippen LogP contribution in [0.4, 0.5) is 0 Å². The summed E-state index contributed by atoms with van der Waals surface area (Å²) < 4.78 is 10.0. The van der Waals surface area contributed by atoms with Crippen LogP contribution in [0.15, 0.2) is 73.3 Å². The third kappa shape index (κ3) is 6.40. The second-order valence-corrected chi connectivity index (χ2v) is 3.68. The van der Waals surface area contributed by atoms with Gasteiger partial charge < -0.3 is 9.47 Å². The number of hydrogen-bond acceptors (Lipinski definition) is 3. The highest BCUT2D eigenvalue weighted by molar-refractivity contribution is 5.81. The summed E-state index contributed by atoms with van der Waals surface area (Å²) in [5.41, 5.74) is 0. The van der Waals surface area contributed by atoms with Gasteiger partial charge in [-0.15, -0.1) is 0 Å². The van der Waals surface area contributed by atoms with E-state index in [2.05, 4.69) is 11.3 Å². The predicted molar refractivity (Wildman–Crippen MR) is 79.8 cm³/mol. The predicted octanol–water partition coefficient (Wildman–Crippen LogP) is 4.21. The van der Waals surface area contributed by atoms with Gasteiger partial charge in [-0.1, -0.05) is 43.0 Å². The van der Waals surface area contributed by atoms with Crippen LogP contribution in [-0.2, 0) is 9.53 Å². The van der Waals surface area contributed by atoms with Crippen molar-refractivity contribution in [2.75, 3.05) is 6.61 Å². The van der Waals surface area contributed by atoms with E-state index in [0.29, 0.717) is 6.61 Å². The molecule has 0 aliphatic heterocycles. The van der Waals surface area contributed by atoms with Crippen LogP contribution < -0.4 is 4.74 Å². The summed E-state index contributed by atoms with van der Waals surface area (Å²) in [6.45, 7) is 5.38. The Morgan fingerprint density at radius 2 is 1.45 bits per heavy atom. The van der Waals surface area contributed by atoms with E-state index in [-0.39, 0.29) is 5.97 Å². The minimum atomic E-state index is -0.359. The van der Waals surface area contributed by atoms with Crippen molar-refractivity contribution in [3.8, 4) is 11.5 Å². The zero-order valence-electron chi connectivity index (χ0n) is 11.5. The van der Waals surface area contributed by atoms with Gasteiger partial charge in [0.2, 0.25) is 0 Å². The summed E-state index contributed by atoms with van der Waals surface area (Å²) >= 11 is 0. The van der Waals surface area contributed by atoms with E-state index in [1.165, 1.54) is 0 Å². The van der Waals surface area contributed by atoms with Crippen LogP contribution in [0.1, 0.15) is 6.92 Å². The van der Waals surface area contributed by atoms with E-state index in [1.807, 2.05) is 60.7 Å². The Labute approximate surface area is 119 Å². The van der Waals surface area contributed by atoms with Crippen molar-refractivity contribution >= 4 is 5.97 Å². The highest BCUT2D eigenvalue weighted by Gasteiger charge is 1.92. The maximum Gasteiger partial charge on any atom is 0.330 e. The van der Waals surface area contributed by atoms with Gasteiger partial charge in [0.1, 0.15) is 11.5 Å². The molecule has 2 rings (SSSR count). The third-order valence-electron chi connectivity index (χ3n) is 2.18. The Balaban J connectivity index is 0.000000246. The summed E-state index contributed by atoms with van der Waals surface area (Å²) in [6.07, 6.45) is 1.14. The van der Waals surface area contributed by atoms with E-state index in [1.54, 1.807) is 6.92 Å². The third-order valence-corrected chi connectivity index (χ3v) is 2.18. The van der Waals surface area contributed by atoms with Crippen molar-refractivity contribution in [2.24, 2.45) is 0 Å². The standard InChI is InChI=1S/C12H10O.C5H8O2/c1-3-7-11(8-4-1)13-12-9-5-2-6-10-12;1-3-5(6)7-4-2/h1-10H;3H,1,4H2,2H3. The second kappa shape index (κ2) is 9.39. The van der Waals surface area contributed by atoms with Crippen LogP contribution >= 0.6 is 0 Å². The molecule has 3 nitrogen and oxygen atoms in total. The van der Waals surface area contributed by atoms with Crippen LogP contribution in [0.5, 0.6) is 11.5 Å². The number of para-hydroxylation sites is 2. The fourth-order valence-corrected chi connectivity index (χ4v) is 1.31. The number of hydrogen-bond donors (Lipinski definition) is 0. The number of benzene rings is 2. The van der Waals surface area contributed by atoms with Gasteiger partial charge >= 0.3 is 5.97 Å². The first-order chi connectivity index (χ1) is 9.76. The minimum absolute atomic E-state index is 0.359. The lowest BCUT2D eigenvalue weighted by molar-refractivity contribution is -0.137. The van der Waals surface area contributed by atoms with Crippen LogP contribution in [0.3, 0.4) is 0 Å². The molecule has 2 aromatic carbocycles. The molecule has 0 radical (unpaired) electrons. The van der Waals surface area contributed by atoms with Gasteiger partial charge in [0, 0.05) is 6.08 Å². The fourth-order valence-electron chi connectivity index (χ4n) is 1.31. The summed E-state index contributed by atoms with van der Waals surface area (Å²) in [6, 6.07) is 19.5. The van der Waals surface area contributed by atoms with Crippen molar-refractivity contribution in [1.29, 1.82) is 0 Å². The van der Waals surface area contributed by atoms with E-state index in [0.717, 1.165) is 17.6 Å². The highest BCUT2D eigenvalue weighted by atomic mass is 16.5. The van der Waals surface area contributed by atoms with Crippen molar-refractivity contribution < 1.29 is 14.3 Å². The Hall–Kier alpha value is -2.55. The monoisotopic (exact) mass is 270 g/mol. The van der Waals surface area contributed by atoms with Crippen molar-refractivity contribution in [3.63, 3.8) is 0 Å². The Morgan fingerprint density at radius 1 is 1.00 bits per heavy atom. The molecule has 0 fully saturated rings. The number of esters is 1. The SMILES string of the molecule is C=CC(=O)OCC.c1ccc(Oc2ccccc2)cc1. The van der Waals surface area contributed by atoms with E-state index in [9.17, 15) is 4.79 Å². The van der Waals surface area contributed by atoms with Crippen LogP contribution in [0.25, 0.3) is 0 Å². The van der Waals surface area contributed by atoms with Crippen LogP contribution in [0, 0.1) is 0 Å². The minimum Gasteiger partial charge on any atom is -0.463 e. The molecular weight excluding hydrogens is 252 g/mol. The molecule has 0 amide bonds. The molecule has 0 aromatic heterocycles. The summed E-state index contributed by atoms with van der Waals surface area (Å²) in [5.74, 6) is 1.38. The summed E-state index contributed by atoms with van der Waals surface area (Å²) in [7, 11) is 0. The largest absolute Gasteiger partial charge is 0.463 e. The lowest BCUT2D eigenvalue weighted by atomic mass is 10.3. The zero-order chi connectivity index (χ0) is 14.6. The van der Waals surface area contributed by atoms with Gasteiger partial charge in [-0.2, -0.15) is 0 Å². The summed E-state index contributed by atoms with van der Waals surface area (Å²) in [5, 5.41) is 0. The Kier molecular flexibility index (Phi) is 7.28. The van der Waals surface area contributed by atoms with Crippen LogP contribution in [-0.4, -0.2) is 12.6 Å². The maximum absolute atomic E-state index is 10.1. The first kappa shape index (κ1) is 15.5. The lowest BCUT2D eigenvalue weighted by Crippen LogP contribution is -1.97. The topological polar surface area (TPSA) is 35.5 Å². The molecule has 2 aromatic rings. The number of carbonyl (C=O) groups excluding carboxylic acids is 1. The number of carbonyl (C=O) groups is 1. The number of ether oxygens (including phenoxy) is 2. The quantitative estimate of drug-likeness (QED) is 0.616. The molecule has 0 bridgehead atoms.